The lowest BCUT2D eigenvalue weighted by atomic mass is 9.93. The number of ether oxygens (including phenoxy) is 1. The summed E-state index contributed by atoms with van der Waals surface area (Å²) >= 11 is 6.06. The van der Waals surface area contributed by atoms with Gasteiger partial charge in [-0.3, -0.25) is 9.52 Å². The molecule has 29 heavy (non-hydrogen) atoms. The van der Waals surface area contributed by atoms with Gasteiger partial charge in [-0.1, -0.05) is 23.7 Å². The molecule has 0 atom stereocenters. The van der Waals surface area contributed by atoms with Crippen molar-refractivity contribution in [3.63, 3.8) is 0 Å². The van der Waals surface area contributed by atoms with Crippen LogP contribution in [0.15, 0.2) is 53.9 Å². The van der Waals surface area contributed by atoms with Gasteiger partial charge in [0.2, 0.25) is 5.91 Å². The first-order valence-electron chi connectivity index (χ1n) is 9.04. The van der Waals surface area contributed by atoms with Gasteiger partial charge in [-0.15, -0.1) is 6.58 Å². The number of halogens is 1. The number of hydrogen-bond acceptors (Lipinski definition) is 4. The van der Waals surface area contributed by atoms with E-state index in [2.05, 4.69) is 11.3 Å². The van der Waals surface area contributed by atoms with Crippen molar-refractivity contribution in [1.82, 2.24) is 0 Å². The number of nitrogens with zero attached hydrogens (tertiary/aromatic N) is 1. The van der Waals surface area contributed by atoms with Crippen molar-refractivity contribution in [1.29, 1.82) is 0 Å². The monoisotopic (exact) mass is 434 g/mol. The summed E-state index contributed by atoms with van der Waals surface area (Å²) in [6, 6.07) is 9.39. The maximum Gasteiger partial charge on any atom is 0.261 e. The van der Waals surface area contributed by atoms with Crippen LogP contribution in [0.3, 0.4) is 0 Å². The summed E-state index contributed by atoms with van der Waals surface area (Å²) in [6.45, 7) is 9.63. The van der Waals surface area contributed by atoms with Crippen LogP contribution in [0.2, 0.25) is 5.02 Å². The van der Waals surface area contributed by atoms with Crippen LogP contribution in [0.25, 0.3) is 0 Å². The van der Waals surface area contributed by atoms with E-state index in [9.17, 15) is 13.2 Å². The first-order valence-corrected chi connectivity index (χ1v) is 10.9. The third kappa shape index (κ3) is 4.26. The minimum atomic E-state index is -3.83. The molecule has 1 aliphatic heterocycles. The summed E-state index contributed by atoms with van der Waals surface area (Å²) in [4.78, 5) is 14.5. The Hall–Kier alpha value is -2.51. The SMILES string of the molecule is C=CCN1C(=O)C(C)(C)COc2cc(NS(=O)(=O)c3ccc(C)c(Cl)c3)ccc21. The normalized spacial score (nSPS) is 15.9. The molecule has 0 fully saturated rings. The number of benzene rings is 2. The van der Waals surface area contributed by atoms with Gasteiger partial charge in [0.15, 0.2) is 0 Å². The number of carbonyl (C=O) groups is 1. The summed E-state index contributed by atoms with van der Waals surface area (Å²) in [6.07, 6.45) is 1.64. The molecule has 0 unspecified atom stereocenters. The van der Waals surface area contributed by atoms with E-state index in [1.165, 1.54) is 12.1 Å². The maximum atomic E-state index is 12.9. The summed E-state index contributed by atoms with van der Waals surface area (Å²) < 4.78 is 33.9. The molecule has 2 aromatic rings. The number of aryl methyl sites for hydroxylation is 1. The average Bonchev–Trinajstić information content (AvgIpc) is 2.74. The topological polar surface area (TPSA) is 75.7 Å². The molecule has 0 radical (unpaired) electrons. The summed E-state index contributed by atoms with van der Waals surface area (Å²) in [5.41, 5.74) is 0.965. The minimum Gasteiger partial charge on any atom is -0.490 e. The molecule has 0 saturated heterocycles. The van der Waals surface area contributed by atoms with E-state index in [1.807, 2.05) is 13.8 Å². The molecule has 0 bridgehead atoms. The molecular formula is C21H23ClN2O4S. The van der Waals surface area contributed by atoms with Gasteiger partial charge in [0.1, 0.15) is 12.4 Å². The third-order valence-corrected chi connectivity index (χ3v) is 6.47. The number of rotatable bonds is 5. The number of hydrogen-bond donors (Lipinski definition) is 1. The van der Waals surface area contributed by atoms with Gasteiger partial charge < -0.3 is 9.64 Å². The molecule has 1 aliphatic rings. The van der Waals surface area contributed by atoms with Crippen LogP contribution in [0, 0.1) is 12.3 Å². The fourth-order valence-electron chi connectivity index (χ4n) is 2.98. The van der Waals surface area contributed by atoms with E-state index >= 15 is 0 Å². The van der Waals surface area contributed by atoms with Crippen molar-refractivity contribution in [3.05, 3.63) is 59.6 Å². The maximum absolute atomic E-state index is 12.9. The third-order valence-electron chi connectivity index (χ3n) is 4.68. The van der Waals surface area contributed by atoms with E-state index in [0.29, 0.717) is 28.7 Å². The van der Waals surface area contributed by atoms with Crippen LogP contribution < -0.4 is 14.4 Å². The molecule has 1 N–H and O–H groups in total. The van der Waals surface area contributed by atoms with Crippen molar-refractivity contribution in [2.75, 3.05) is 22.8 Å². The van der Waals surface area contributed by atoms with Crippen LogP contribution in [0.4, 0.5) is 11.4 Å². The van der Waals surface area contributed by atoms with E-state index < -0.39 is 15.4 Å². The molecule has 3 rings (SSSR count). The van der Waals surface area contributed by atoms with Gasteiger partial charge in [0.05, 0.1) is 21.7 Å². The predicted octanol–water partition coefficient (Wildman–Crippen LogP) is 4.39. The zero-order valence-corrected chi connectivity index (χ0v) is 18.1. The van der Waals surface area contributed by atoms with Gasteiger partial charge in [-0.05, 0) is 50.6 Å². The van der Waals surface area contributed by atoms with E-state index in [-0.39, 0.29) is 17.4 Å². The first-order chi connectivity index (χ1) is 13.5. The number of sulfonamides is 1. The van der Waals surface area contributed by atoms with E-state index in [0.717, 1.165) is 5.56 Å². The Balaban J connectivity index is 1.96. The lowest BCUT2D eigenvalue weighted by Crippen LogP contribution is -2.42. The molecule has 0 spiro atoms. The quantitative estimate of drug-likeness (QED) is 0.708. The molecule has 1 heterocycles. The number of fused-ring (bicyclic) bond motifs is 1. The highest BCUT2D eigenvalue weighted by atomic mass is 35.5. The van der Waals surface area contributed by atoms with Gasteiger partial charge in [-0.2, -0.15) is 0 Å². The second-order valence-corrected chi connectivity index (χ2v) is 9.67. The number of anilines is 2. The summed E-state index contributed by atoms with van der Waals surface area (Å²) in [5.74, 6) is 0.340. The average molecular weight is 435 g/mol. The smallest absolute Gasteiger partial charge is 0.261 e. The molecular weight excluding hydrogens is 412 g/mol. The molecule has 0 aliphatic carbocycles. The number of carbonyl (C=O) groups excluding carboxylic acids is 1. The summed E-state index contributed by atoms with van der Waals surface area (Å²) in [5, 5.41) is 0.374. The molecule has 2 aromatic carbocycles. The van der Waals surface area contributed by atoms with E-state index in [4.69, 9.17) is 16.3 Å². The van der Waals surface area contributed by atoms with Gasteiger partial charge in [0.25, 0.3) is 10.0 Å². The molecule has 6 nitrogen and oxygen atoms in total. The van der Waals surface area contributed by atoms with Crippen molar-refractivity contribution < 1.29 is 17.9 Å². The summed E-state index contributed by atoms with van der Waals surface area (Å²) in [7, 11) is -3.83. The minimum absolute atomic E-state index is 0.0635. The van der Waals surface area contributed by atoms with Crippen LogP contribution in [0.5, 0.6) is 5.75 Å². The molecule has 154 valence electrons. The van der Waals surface area contributed by atoms with Gasteiger partial charge in [0, 0.05) is 17.6 Å². The second-order valence-electron chi connectivity index (χ2n) is 7.58. The molecule has 0 aromatic heterocycles. The Bertz CT molecular complexity index is 1080. The largest absolute Gasteiger partial charge is 0.490 e. The lowest BCUT2D eigenvalue weighted by Gasteiger charge is -2.27. The number of nitrogens with one attached hydrogen (secondary N) is 1. The van der Waals surface area contributed by atoms with Gasteiger partial charge >= 0.3 is 0 Å². The standard InChI is InChI=1S/C21H23ClN2O4S/c1-5-10-24-18-9-7-15(11-19(18)28-13-21(3,4)20(24)25)23-29(26,27)16-8-6-14(2)17(22)12-16/h5-9,11-12,23H,1,10,13H2,2-4H3. The fraction of sp³-hybridized carbons (Fsp3) is 0.286. The van der Waals surface area contributed by atoms with Crippen molar-refractivity contribution in [2.24, 2.45) is 5.41 Å². The highest BCUT2D eigenvalue weighted by Gasteiger charge is 2.37. The van der Waals surface area contributed by atoms with Crippen molar-refractivity contribution in [2.45, 2.75) is 25.7 Å². The Morgan fingerprint density at radius 1 is 1.28 bits per heavy atom. The Morgan fingerprint density at radius 2 is 2.00 bits per heavy atom. The zero-order valence-electron chi connectivity index (χ0n) is 16.5. The lowest BCUT2D eigenvalue weighted by molar-refractivity contribution is -0.127. The highest BCUT2D eigenvalue weighted by Crippen LogP contribution is 2.38. The predicted molar refractivity (Wildman–Crippen MR) is 115 cm³/mol. The Morgan fingerprint density at radius 3 is 2.66 bits per heavy atom. The number of amides is 1. The van der Waals surface area contributed by atoms with Crippen molar-refractivity contribution >= 4 is 38.9 Å². The first kappa shape index (κ1) is 21.2. The second kappa shape index (κ2) is 7.72. The molecule has 8 heteroatoms. The van der Waals surface area contributed by atoms with Crippen LogP contribution in [-0.4, -0.2) is 27.5 Å². The zero-order chi connectivity index (χ0) is 21.4. The van der Waals surface area contributed by atoms with Crippen LogP contribution in [0.1, 0.15) is 19.4 Å². The molecule has 1 amide bonds. The van der Waals surface area contributed by atoms with Gasteiger partial charge in [-0.25, -0.2) is 8.42 Å². The molecule has 0 saturated carbocycles. The van der Waals surface area contributed by atoms with Crippen LogP contribution >= 0.6 is 11.6 Å². The Kier molecular flexibility index (Phi) is 5.65. The van der Waals surface area contributed by atoms with Crippen molar-refractivity contribution in [3.8, 4) is 5.75 Å². The highest BCUT2D eigenvalue weighted by molar-refractivity contribution is 7.92. The van der Waals surface area contributed by atoms with E-state index in [1.54, 1.807) is 42.2 Å². The Labute approximate surface area is 176 Å². The van der Waals surface area contributed by atoms with Crippen LogP contribution in [-0.2, 0) is 14.8 Å². The fourth-order valence-corrected chi connectivity index (χ4v) is 4.30.